The van der Waals surface area contributed by atoms with Crippen LogP contribution in [-0.4, -0.2) is 15.7 Å². The van der Waals surface area contributed by atoms with Gasteiger partial charge in [0.25, 0.3) is 0 Å². The summed E-state index contributed by atoms with van der Waals surface area (Å²) in [6, 6.07) is 8.30. The van der Waals surface area contributed by atoms with Gasteiger partial charge in [0.15, 0.2) is 23.6 Å². The van der Waals surface area contributed by atoms with Crippen molar-refractivity contribution in [2.45, 2.75) is 0 Å². The average molecular weight is 274 g/mol. The Balaban J connectivity index is 2.05. The van der Waals surface area contributed by atoms with Gasteiger partial charge in [-0.05, 0) is 24.3 Å². The number of aldehydes is 1. The van der Waals surface area contributed by atoms with Crippen molar-refractivity contribution < 1.29 is 18.3 Å². The molecule has 0 fully saturated rings. The number of hydrogen-bond donors (Lipinski definition) is 0. The van der Waals surface area contributed by atoms with E-state index < -0.39 is 11.6 Å². The molecule has 1 aromatic carbocycles. The fourth-order valence-electron chi connectivity index (χ4n) is 1.83. The van der Waals surface area contributed by atoms with Crippen LogP contribution in [0, 0.1) is 11.6 Å². The van der Waals surface area contributed by atoms with E-state index in [-0.39, 0.29) is 17.3 Å². The van der Waals surface area contributed by atoms with Gasteiger partial charge < -0.3 is 4.74 Å². The zero-order valence-corrected chi connectivity index (χ0v) is 10.1. The van der Waals surface area contributed by atoms with Crippen LogP contribution in [0.2, 0.25) is 0 Å². The maximum Gasteiger partial charge on any atom is 0.249 e. The first-order valence-electron chi connectivity index (χ1n) is 5.74. The maximum atomic E-state index is 13.1. The minimum absolute atomic E-state index is 0.0391. The first-order chi connectivity index (χ1) is 9.69. The number of fused-ring (bicyclic) bond motifs is 1. The van der Waals surface area contributed by atoms with Crippen molar-refractivity contribution in [2.24, 2.45) is 0 Å². The highest BCUT2D eigenvalue weighted by Crippen LogP contribution is 2.25. The Labute approximate surface area is 112 Å². The molecule has 0 aliphatic rings. The smallest absolute Gasteiger partial charge is 0.249 e. The Morgan fingerprint density at radius 2 is 2.00 bits per heavy atom. The van der Waals surface area contributed by atoms with Crippen molar-refractivity contribution in [3.63, 3.8) is 0 Å². The standard InChI is InChI=1S/C14H8F2N2O2/c15-10-5-4-9(7-11(10)16)20-14-12(8-19)18-6-2-1-3-13(18)17-14/h1-8H. The minimum Gasteiger partial charge on any atom is -0.437 e. The summed E-state index contributed by atoms with van der Waals surface area (Å²) < 4.78 is 32.9. The van der Waals surface area contributed by atoms with Crippen LogP contribution < -0.4 is 4.74 Å². The predicted molar refractivity (Wildman–Crippen MR) is 67.0 cm³/mol. The van der Waals surface area contributed by atoms with Crippen LogP contribution in [-0.2, 0) is 0 Å². The van der Waals surface area contributed by atoms with Gasteiger partial charge in [0.2, 0.25) is 5.88 Å². The molecule has 0 spiro atoms. The van der Waals surface area contributed by atoms with Crippen LogP contribution in [0.3, 0.4) is 0 Å². The fourth-order valence-corrected chi connectivity index (χ4v) is 1.83. The normalized spacial score (nSPS) is 10.7. The molecule has 6 heteroatoms. The molecule has 0 atom stereocenters. The molecule has 0 aliphatic carbocycles. The zero-order chi connectivity index (χ0) is 14.1. The third-order valence-electron chi connectivity index (χ3n) is 2.75. The Morgan fingerprint density at radius 3 is 2.75 bits per heavy atom. The monoisotopic (exact) mass is 274 g/mol. The molecule has 0 aliphatic heterocycles. The molecule has 3 aromatic rings. The number of ether oxygens (including phenoxy) is 1. The summed E-state index contributed by atoms with van der Waals surface area (Å²) >= 11 is 0. The number of rotatable bonds is 3. The highest BCUT2D eigenvalue weighted by molar-refractivity contribution is 5.78. The average Bonchev–Trinajstić information content (AvgIpc) is 2.80. The third kappa shape index (κ3) is 2.01. The van der Waals surface area contributed by atoms with Crippen LogP contribution >= 0.6 is 0 Å². The van der Waals surface area contributed by atoms with Gasteiger partial charge in [0, 0.05) is 12.3 Å². The number of aromatic nitrogens is 2. The molecular formula is C14H8F2N2O2. The van der Waals surface area contributed by atoms with Crippen LogP contribution in [0.4, 0.5) is 8.78 Å². The lowest BCUT2D eigenvalue weighted by Gasteiger charge is -2.03. The maximum absolute atomic E-state index is 13.1. The SMILES string of the molecule is O=Cc1c(Oc2ccc(F)c(F)c2)nc2ccccn12. The summed E-state index contributed by atoms with van der Waals surface area (Å²) in [6.07, 6.45) is 2.25. The number of carbonyl (C=O) groups excluding carboxylic acids is 1. The quantitative estimate of drug-likeness (QED) is 0.689. The molecule has 3 rings (SSSR count). The molecule has 100 valence electrons. The summed E-state index contributed by atoms with van der Waals surface area (Å²) in [5, 5.41) is 0. The Morgan fingerprint density at radius 1 is 1.15 bits per heavy atom. The number of nitrogens with zero attached hydrogens (tertiary/aromatic N) is 2. The van der Waals surface area contributed by atoms with Crippen LogP contribution in [0.25, 0.3) is 5.65 Å². The number of carbonyl (C=O) groups is 1. The van der Waals surface area contributed by atoms with E-state index in [0.717, 1.165) is 12.1 Å². The first kappa shape index (κ1) is 12.3. The number of imidazole rings is 1. The lowest BCUT2D eigenvalue weighted by Crippen LogP contribution is -1.93. The lowest BCUT2D eigenvalue weighted by molar-refractivity contribution is 0.111. The molecule has 0 saturated carbocycles. The molecule has 0 bridgehead atoms. The van der Waals surface area contributed by atoms with E-state index in [2.05, 4.69) is 4.98 Å². The van der Waals surface area contributed by atoms with Gasteiger partial charge in [-0.2, -0.15) is 4.98 Å². The molecule has 0 unspecified atom stereocenters. The summed E-state index contributed by atoms with van der Waals surface area (Å²) in [5.41, 5.74) is 0.720. The Bertz CT molecular complexity index is 799. The van der Waals surface area contributed by atoms with E-state index in [1.165, 1.54) is 6.07 Å². The number of benzene rings is 1. The summed E-state index contributed by atoms with van der Waals surface area (Å²) in [7, 11) is 0. The molecule has 0 amide bonds. The third-order valence-corrected chi connectivity index (χ3v) is 2.75. The van der Waals surface area contributed by atoms with Crippen LogP contribution in [0.15, 0.2) is 42.6 Å². The van der Waals surface area contributed by atoms with Crippen molar-refractivity contribution in [1.82, 2.24) is 9.38 Å². The summed E-state index contributed by atoms with van der Waals surface area (Å²) in [5.74, 6) is -1.89. The highest BCUT2D eigenvalue weighted by Gasteiger charge is 2.14. The van der Waals surface area contributed by atoms with E-state index in [4.69, 9.17) is 4.74 Å². The van der Waals surface area contributed by atoms with Crippen molar-refractivity contribution in [3.05, 3.63) is 59.9 Å². The van der Waals surface area contributed by atoms with Gasteiger partial charge >= 0.3 is 0 Å². The van der Waals surface area contributed by atoms with Gasteiger partial charge in [0.1, 0.15) is 11.4 Å². The minimum atomic E-state index is -1.03. The van der Waals surface area contributed by atoms with E-state index in [1.54, 1.807) is 28.8 Å². The Hall–Kier alpha value is -2.76. The number of pyridine rings is 1. The lowest BCUT2D eigenvalue weighted by atomic mass is 10.3. The number of hydrogen-bond acceptors (Lipinski definition) is 3. The highest BCUT2D eigenvalue weighted by atomic mass is 19.2. The molecule has 0 radical (unpaired) electrons. The van der Waals surface area contributed by atoms with Crippen molar-refractivity contribution in [3.8, 4) is 11.6 Å². The fraction of sp³-hybridized carbons (Fsp3) is 0. The van der Waals surface area contributed by atoms with E-state index in [1.807, 2.05) is 0 Å². The van der Waals surface area contributed by atoms with Crippen molar-refractivity contribution in [1.29, 1.82) is 0 Å². The number of halogens is 2. The molecule has 20 heavy (non-hydrogen) atoms. The molecule has 0 saturated heterocycles. The molecule has 4 nitrogen and oxygen atoms in total. The van der Waals surface area contributed by atoms with Gasteiger partial charge in [0.05, 0.1) is 0 Å². The van der Waals surface area contributed by atoms with E-state index in [0.29, 0.717) is 11.9 Å². The first-order valence-corrected chi connectivity index (χ1v) is 5.74. The molecular weight excluding hydrogens is 266 g/mol. The summed E-state index contributed by atoms with van der Waals surface area (Å²) in [6.45, 7) is 0. The largest absolute Gasteiger partial charge is 0.437 e. The van der Waals surface area contributed by atoms with E-state index in [9.17, 15) is 13.6 Å². The molecule has 2 aromatic heterocycles. The van der Waals surface area contributed by atoms with Crippen molar-refractivity contribution in [2.75, 3.05) is 0 Å². The van der Waals surface area contributed by atoms with Gasteiger partial charge in [-0.3, -0.25) is 9.20 Å². The van der Waals surface area contributed by atoms with Gasteiger partial charge in [-0.1, -0.05) is 6.07 Å². The summed E-state index contributed by atoms with van der Waals surface area (Å²) in [4.78, 5) is 15.3. The van der Waals surface area contributed by atoms with Crippen LogP contribution in [0.5, 0.6) is 11.6 Å². The molecule has 0 N–H and O–H groups in total. The van der Waals surface area contributed by atoms with Crippen molar-refractivity contribution >= 4 is 11.9 Å². The van der Waals surface area contributed by atoms with E-state index >= 15 is 0 Å². The second-order valence-electron chi connectivity index (χ2n) is 4.03. The predicted octanol–water partition coefficient (Wildman–Crippen LogP) is 3.22. The second kappa shape index (κ2) is 4.73. The zero-order valence-electron chi connectivity index (χ0n) is 10.1. The molecule has 2 heterocycles. The Kier molecular flexibility index (Phi) is 2.90. The second-order valence-corrected chi connectivity index (χ2v) is 4.03. The topological polar surface area (TPSA) is 43.6 Å². The van der Waals surface area contributed by atoms with Crippen LogP contribution in [0.1, 0.15) is 10.5 Å². The van der Waals surface area contributed by atoms with Gasteiger partial charge in [-0.25, -0.2) is 8.78 Å². The van der Waals surface area contributed by atoms with Gasteiger partial charge in [-0.15, -0.1) is 0 Å².